The maximum atomic E-state index is 14.7. The summed E-state index contributed by atoms with van der Waals surface area (Å²) in [5.74, 6) is -0.753. The summed E-state index contributed by atoms with van der Waals surface area (Å²) < 4.78 is 62.5. The number of hydrogen-bond acceptors (Lipinski definition) is 16. The monoisotopic (exact) mass is 1210 g/mol. The number of halogens is 1. The van der Waals surface area contributed by atoms with Crippen LogP contribution in [0.15, 0.2) is 47.5 Å². The van der Waals surface area contributed by atoms with E-state index >= 15 is 0 Å². The summed E-state index contributed by atoms with van der Waals surface area (Å²) in [6.07, 6.45) is 8.20. The zero-order valence-corrected chi connectivity index (χ0v) is 53.2. The number of β-amino-alcohol motifs (C(OH)–C–C–N with tert-alkyl or cyclic N) is 1. The maximum Gasteiger partial charge on any atom is 0.407 e. The number of carbonyl (C=O) groups excluding carboxylic acids is 5. The highest BCUT2D eigenvalue weighted by Crippen LogP contribution is 2.46. The van der Waals surface area contributed by atoms with E-state index in [0.717, 1.165) is 35.4 Å². The summed E-state index contributed by atoms with van der Waals surface area (Å²) in [6.45, 7) is 25.7. The van der Waals surface area contributed by atoms with Crippen molar-refractivity contribution >= 4 is 49.4 Å². The molecule has 1 aromatic heterocycles. The average molecular weight is 1210 g/mol. The van der Waals surface area contributed by atoms with Crippen molar-refractivity contribution in [2.24, 2.45) is 29.1 Å². The molecular formula is C62H94FN5O14SSi. The number of aliphatic hydroxyl groups excluding tert-OH is 1. The largest absolute Gasteiger partial charge is 0.491 e. The number of alkyl halides is 1. The minimum Gasteiger partial charge on any atom is -0.491 e. The third kappa shape index (κ3) is 18.6. The first-order valence-electron chi connectivity index (χ1n) is 30.2. The molecule has 84 heavy (non-hydrogen) atoms. The minimum atomic E-state index is -2.05. The third-order valence-corrected chi connectivity index (χ3v) is 22.7. The van der Waals surface area contributed by atoms with E-state index in [9.17, 15) is 33.5 Å². The van der Waals surface area contributed by atoms with Gasteiger partial charge in [0.15, 0.2) is 14.0 Å². The SMILES string of the molecule is Cc1ncsc1-c1ccc(CNC(=O)[C@@H]2C[C@@H](O)CN2C(=O)[C@@H](NC(=O)C2(F)CC2)C(C)(C)C)c(OCCOCCOCCOCCOCCNC(=O)O[C@H]2C[C@@H](C)C=C3C=C[C@H](C)[C@H](CC[C@@H]4C[C@@H](O[Si](C)(C)C(C)(C)C)CC(=O)O4)[C@H]32)c1. The number of aromatic nitrogens is 1. The number of ether oxygens (including phenoxy) is 7. The first-order valence-corrected chi connectivity index (χ1v) is 34.0. The number of nitrogens with one attached hydrogen (secondary N) is 3. The van der Waals surface area contributed by atoms with Crippen molar-refractivity contribution in [2.75, 3.05) is 72.6 Å². The van der Waals surface area contributed by atoms with E-state index < -0.39 is 61.4 Å². The number of aryl methyl sites for hydroxylation is 1. The summed E-state index contributed by atoms with van der Waals surface area (Å²) in [5.41, 5.74) is 2.64. The summed E-state index contributed by atoms with van der Waals surface area (Å²) in [5, 5.41) is 19.1. The van der Waals surface area contributed by atoms with Crippen LogP contribution in [0.4, 0.5) is 9.18 Å². The predicted molar refractivity (Wildman–Crippen MR) is 319 cm³/mol. The molecule has 3 fully saturated rings. The molecule has 3 heterocycles. The molecule has 5 aliphatic rings. The van der Waals surface area contributed by atoms with Crippen LogP contribution < -0.4 is 20.7 Å². The number of allylic oxidation sites excluding steroid dienone is 3. The molecule has 4 N–H and O–H groups in total. The second-order valence-electron chi connectivity index (χ2n) is 26.0. The highest BCUT2D eigenvalue weighted by molar-refractivity contribution is 7.13. The van der Waals surface area contributed by atoms with Crippen LogP contribution in [-0.4, -0.2) is 168 Å². The first kappa shape index (κ1) is 66.7. The van der Waals surface area contributed by atoms with Gasteiger partial charge in [0.25, 0.3) is 5.91 Å². The molecule has 19 nitrogen and oxygen atoms in total. The number of amides is 4. The first-order chi connectivity index (χ1) is 39.7. The highest BCUT2D eigenvalue weighted by Gasteiger charge is 2.54. The number of nitrogens with zero attached hydrogens (tertiary/aromatic N) is 2. The zero-order chi connectivity index (χ0) is 61.0. The molecule has 0 spiro atoms. The molecular weight excluding hydrogens is 1120 g/mol. The fraction of sp³-hybridized carbons (Fsp3) is 0.710. The van der Waals surface area contributed by atoms with Crippen LogP contribution in [0.1, 0.15) is 118 Å². The number of thiazole rings is 1. The summed E-state index contributed by atoms with van der Waals surface area (Å²) in [7, 11) is -2.05. The highest BCUT2D eigenvalue weighted by atomic mass is 32.1. The number of esters is 1. The number of hydrogen-bond donors (Lipinski definition) is 4. The molecule has 0 unspecified atom stereocenters. The van der Waals surface area contributed by atoms with Gasteiger partial charge in [0, 0.05) is 44.0 Å². The number of carbonyl (C=O) groups is 5. The van der Waals surface area contributed by atoms with Crippen molar-refractivity contribution in [3.63, 3.8) is 0 Å². The second-order valence-corrected chi connectivity index (χ2v) is 31.6. The van der Waals surface area contributed by atoms with E-state index in [1.54, 1.807) is 26.3 Å². The Labute approximate surface area is 501 Å². The van der Waals surface area contributed by atoms with Gasteiger partial charge in [-0.2, -0.15) is 0 Å². The second kappa shape index (κ2) is 29.7. The Hall–Kier alpha value is -4.81. The van der Waals surface area contributed by atoms with E-state index in [-0.39, 0.29) is 105 Å². The smallest absolute Gasteiger partial charge is 0.407 e. The lowest BCUT2D eigenvalue weighted by molar-refractivity contribution is -0.160. The quantitative estimate of drug-likeness (QED) is 0.0340. The van der Waals surface area contributed by atoms with Gasteiger partial charge >= 0.3 is 12.1 Å². The van der Waals surface area contributed by atoms with Crippen molar-refractivity contribution in [3.05, 3.63) is 58.8 Å². The van der Waals surface area contributed by atoms with E-state index in [1.165, 1.54) is 21.8 Å². The lowest BCUT2D eigenvalue weighted by Crippen LogP contribution is -2.59. The number of rotatable bonds is 29. The lowest BCUT2D eigenvalue weighted by Gasteiger charge is -2.44. The van der Waals surface area contributed by atoms with Crippen LogP contribution in [0.2, 0.25) is 18.1 Å². The molecule has 2 saturated heterocycles. The van der Waals surface area contributed by atoms with Gasteiger partial charge in [0.1, 0.15) is 36.6 Å². The number of benzene rings is 1. The van der Waals surface area contributed by atoms with E-state index in [4.69, 9.17) is 37.6 Å². The summed E-state index contributed by atoms with van der Waals surface area (Å²) in [6, 6.07) is 3.57. The zero-order valence-electron chi connectivity index (χ0n) is 51.4. The molecule has 22 heteroatoms. The van der Waals surface area contributed by atoms with Crippen molar-refractivity contribution in [1.82, 2.24) is 25.8 Å². The molecule has 1 saturated carbocycles. The van der Waals surface area contributed by atoms with Crippen LogP contribution >= 0.6 is 11.3 Å². The fourth-order valence-corrected chi connectivity index (χ4v) is 13.4. The van der Waals surface area contributed by atoms with Crippen molar-refractivity contribution < 1.29 is 71.1 Å². The predicted octanol–water partition coefficient (Wildman–Crippen LogP) is 8.55. The topological polar surface area (TPSA) is 232 Å². The Morgan fingerprint density at radius 1 is 0.917 bits per heavy atom. The molecule has 1 aromatic carbocycles. The maximum absolute atomic E-state index is 14.7. The van der Waals surface area contributed by atoms with Crippen LogP contribution in [0.3, 0.4) is 0 Å². The van der Waals surface area contributed by atoms with Crippen LogP contribution in [0, 0.1) is 36.0 Å². The van der Waals surface area contributed by atoms with E-state index in [0.29, 0.717) is 70.4 Å². The van der Waals surface area contributed by atoms with Crippen LogP contribution in [0.5, 0.6) is 5.75 Å². The molecule has 4 amide bonds. The van der Waals surface area contributed by atoms with Gasteiger partial charge in [-0.3, -0.25) is 19.2 Å². The van der Waals surface area contributed by atoms with Crippen LogP contribution in [0.25, 0.3) is 10.4 Å². The van der Waals surface area contributed by atoms with Crippen LogP contribution in [-0.2, 0) is 58.6 Å². The van der Waals surface area contributed by atoms with Crippen molar-refractivity contribution in [2.45, 2.75) is 181 Å². The van der Waals surface area contributed by atoms with Gasteiger partial charge in [-0.15, -0.1) is 11.3 Å². The number of alkyl carbamates (subject to hydrolysis) is 1. The van der Waals surface area contributed by atoms with Crippen molar-refractivity contribution in [3.8, 4) is 16.2 Å². The van der Waals surface area contributed by atoms with Gasteiger partial charge < -0.3 is 63.5 Å². The summed E-state index contributed by atoms with van der Waals surface area (Å²) >= 11 is 1.50. The van der Waals surface area contributed by atoms with Gasteiger partial charge in [0.2, 0.25) is 11.8 Å². The Balaban J connectivity index is 0.760. The third-order valence-electron chi connectivity index (χ3n) is 17.2. The molecule has 3 aliphatic carbocycles. The average Bonchev–Trinajstić information content (AvgIpc) is 4.07. The Bertz CT molecular complexity index is 2620. The Morgan fingerprint density at radius 2 is 1.58 bits per heavy atom. The molecule has 0 radical (unpaired) electrons. The normalized spacial score (nSPS) is 25.2. The molecule has 2 aromatic rings. The van der Waals surface area contributed by atoms with Gasteiger partial charge in [-0.25, -0.2) is 14.2 Å². The number of fused-ring (bicyclic) bond motifs is 1. The molecule has 7 rings (SSSR count). The standard InChI is InChI=1S/C62H94FN5O14SSi/c1-39-30-42-13-12-40(2)48(17-16-46-34-47(35-52(70)80-46)82-84(10,11)61(7,8)9)53(42)51(31-39)81-59(74)64-20-21-75-22-23-76-24-25-77-26-27-78-28-29-79-50-32-43(54-41(3)66-38-83-54)14-15-44(50)36-65-56(71)49-33-45(69)37-68(49)57(72)55(60(4,5)6)67-58(73)62(63)18-19-62/h12-15,30,32,38-40,45-49,51,53,55,69H,16-29,31,33-37H2,1-11H3,(H,64,74)(H,65,71)(H,67,73)/t39-,40-,45+,46+,47+,48-,49-,51-,53-,55+/m0/s1. The Morgan fingerprint density at radius 3 is 2.21 bits per heavy atom. The minimum absolute atomic E-state index is 0.00768. The van der Waals surface area contributed by atoms with Gasteiger partial charge in [0.05, 0.1) is 87.6 Å². The number of aliphatic hydroxyl groups is 1. The molecule has 2 aliphatic heterocycles. The summed E-state index contributed by atoms with van der Waals surface area (Å²) in [4.78, 5) is 73.0. The van der Waals surface area contributed by atoms with Gasteiger partial charge in [-0.05, 0) is 97.5 Å². The number of likely N-dealkylation sites (tertiary alicyclic amines) is 1. The van der Waals surface area contributed by atoms with Crippen molar-refractivity contribution in [1.29, 1.82) is 0 Å². The van der Waals surface area contributed by atoms with E-state index in [1.807, 2.05) is 25.1 Å². The van der Waals surface area contributed by atoms with Gasteiger partial charge in [-0.1, -0.05) is 85.8 Å². The Kier molecular flexibility index (Phi) is 23.6. The molecule has 468 valence electrons. The lowest BCUT2D eigenvalue weighted by atomic mass is 9.65. The number of cyclic esters (lactones) is 1. The fourth-order valence-electron chi connectivity index (χ4n) is 11.3. The molecule has 10 atom stereocenters. The van der Waals surface area contributed by atoms with E-state index in [2.05, 4.69) is 86.9 Å². The molecule has 0 bridgehead atoms.